The number of rotatable bonds is 3. The molecular formula is C16H14N2O4S. The summed E-state index contributed by atoms with van der Waals surface area (Å²) in [7, 11) is -2.38. The Morgan fingerprint density at radius 3 is 2.30 bits per heavy atom. The van der Waals surface area contributed by atoms with Crippen molar-refractivity contribution in [2.45, 2.75) is 11.8 Å². The fraction of sp³-hybridized carbons (Fsp3) is 0.125. The molecule has 2 aromatic rings. The fourth-order valence-corrected chi connectivity index (χ4v) is 3.79. The average Bonchev–Trinajstić information content (AvgIpc) is 2.72. The number of nitrogens with one attached hydrogen (secondary N) is 1. The lowest BCUT2D eigenvalue weighted by molar-refractivity contribution is 0.0693. The Bertz CT molecular complexity index is 935. The van der Waals surface area contributed by atoms with E-state index in [9.17, 15) is 18.0 Å². The van der Waals surface area contributed by atoms with Crippen molar-refractivity contribution in [1.29, 1.82) is 0 Å². The third-order valence-corrected chi connectivity index (χ3v) is 5.27. The van der Waals surface area contributed by atoms with Crippen LogP contribution in [-0.2, 0) is 10.0 Å². The summed E-state index contributed by atoms with van der Waals surface area (Å²) in [6.45, 7) is 1.70. The molecule has 0 bridgehead atoms. The van der Waals surface area contributed by atoms with E-state index in [2.05, 4.69) is 4.72 Å². The molecule has 1 aliphatic heterocycles. The Morgan fingerprint density at radius 2 is 1.61 bits per heavy atom. The summed E-state index contributed by atoms with van der Waals surface area (Å²) < 4.78 is 27.4. The van der Waals surface area contributed by atoms with Crippen molar-refractivity contribution in [3.63, 3.8) is 0 Å². The lowest BCUT2D eigenvalue weighted by Crippen LogP contribution is -2.24. The first-order chi connectivity index (χ1) is 10.8. The number of imide groups is 1. The van der Waals surface area contributed by atoms with Crippen molar-refractivity contribution in [2.24, 2.45) is 0 Å². The van der Waals surface area contributed by atoms with E-state index in [1.54, 1.807) is 25.1 Å². The summed E-state index contributed by atoms with van der Waals surface area (Å²) in [5, 5.41) is 0. The zero-order valence-electron chi connectivity index (χ0n) is 12.5. The number of fused-ring (bicyclic) bond motifs is 1. The van der Waals surface area contributed by atoms with Gasteiger partial charge in [0.2, 0.25) is 0 Å². The number of amides is 2. The first-order valence-electron chi connectivity index (χ1n) is 6.86. The lowest BCUT2D eigenvalue weighted by atomic mass is 10.1. The zero-order valence-corrected chi connectivity index (χ0v) is 13.3. The molecule has 0 unspecified atom stereocenters. The molecule has 3 rings (SSSR count). The second-order valence-corrected chi connectivity index (χ2v) is 6.95. The number of nitrogens with zero attached hydrogens (tertiary/aromatic N) is 1. The van der Waals surface area contributed by atoms with Crippen molar-refractivity contribution in [3.05, 3.63) is 59.2 Å². The van der Waals surface area contributed by atoms with Crippen LogP contribution in [0.5, 0.6) is 0 Å². The van der Waals surface area contributed by atoms with Gasteiger partial charge < -0.3 is 0 Å². The third kappa shape index (κ3) is 2.49. The van der Waals surface area contributed by atoms with E-state index >= 15 is 0 Å². The second kappa shape index (κ2) is 5.20. The molecule has 0 atom stereocenters. The highest BCUT2D eigenvalue weighted by Crippen LogP contribution is 2.26. The van der Waals surface area contributed by atoms with Gasteiger partial charge in [0.25, 0.3) is 21.8 Å². The van der Waals surface area contributed by atoms with Crippen LogP contribution >= 0.6 is 0 Å². The summed E-state index contributed by atoms with van der Waals surface area (Å²) in [5.74, 6) is -0.833. The van der Waals surface area contributed by atoms with Crippen LogP contribution in [0.1, 0.15) is 26.3 Å². The van der Waals surface area contributed by atoms with Gasteiger partial charge in [-0.05, 0) is 36.8 Å². The van der Waals surface area contributed by atoms with Gasteiger partial charge in [-0.2, -0.15) is 0 Å². The Balaban J connectivity index is 1.98. The molecule has 0 radical (unpaired) electrons. The number of benzene rings is 2. The number of sulfonamides is 1. The number of aryl methyl sites for hydroxylation is 1. The molecule has 0 aliphatic carbocycles. The minimum Gasteiger partial charge on any atom is -0.280 e. The van der Waals surface area contributed by atoms with E-state index < -0.39 is 21.8 Å². The van der Waals surface area contributed by atoms with E-state index in [1.165, 1.54) is 31.3 Å². The van der Waals surface area contributed by atoms with E-state index in [1.807, 2.05) is 0 Å². The van der Waals surface area contributed by atoms with Gasteiger partial charge in [0.05, 0.1) is 16.0 Å². The maximum absolute atomic E-state index is 12.5. The normalized spacial score (nSPS) is 14.1. The van der Waals surface area contributed by atoms with Crippen LogP contribution in [-0.4, -0.2) is 32.2 Å². The summed E-state index contributed by atoms with van der Waals surface area (Å²) in [5.41, 5.74) is 1.33. The first kappa shape index (κ1) is 15.2. The molecule has 0 spiro atoms. The first-order valence-corrected chi connectivity index (χ1v) is 8.34. The van der Waals surface area contributed by atoms with Gasteiger partial charge in [0, 0.05) is 12.7 Å². The summed E-state index contributed by atoms with van der Waals surface area (Å²) in [6.07, 6.45) is 0. The van der Waals surface area contributed by atoms with Crippen molar-refractivity contribution < 1.29 is 18.0 Å². The average molecular weight is 330 g/mol. The highest BCUT2D eigenvalue weighted by atomic mass is 32.2. The van der Waals surface area contributed by atoms with Crippen molar-refractivity contribution in [1.82, 2.24) is 4.90 Å². The summed E-state index contributed by atoms with van der Waals surface area (Å²) in [6, 6.07) is 10.9. The number of hydrogen-bond donors (Lipinski definition) is 1. The van der Waals surface area contributed by atoms with Crippen LogP contribution in [0.3, 0.4) is 0 Å². The molecule has 1 aliphatic rings. The molecule has 7 heteroatoms. The van der Waals surface area contributed by atoms with Gasteiger partial charge in [0.15, 0.2) is 0 Å². The molecule has 0 saturated heterocycles. The maximum atomic E-state index is 12.5. The van der Waals surface area contributed by atoms with Gasteiger partial charge in [-0.1, -0.05) is 18.2 Å². The molecule has 23 heavy (non-hydrogen) atoms. The Kier molecular flexibility index (Phi) is 3.45. The van der Waals surface area contributed by atoms with Gasteiger partial charge in [-0.15, -0.1) is 0 Å². The number of carbonyl (C=O) groups excluding carboxylic acids is 2. The van der Waals surface area contributed by atoms with Crippen LogP contribution in [0.25, 0.3) is 0 Å². The number of anilines is 1. The van der Waals surface area contributed by atoms with E-state index in [0.717, 1.165) is 4.90 Å². The smallest absolute Gasteiger partial charge is 0.262 e. The summed E-state index contributed by atoms with van der Waals surface area (Å²) in [4.78, 5) is 25.0. The molecule has 1 N–H and O–H groups in total. The predicted molar refractivity (Wildman–Crippen MR) is 84.9 cm³/mol. The van der Waals surface area contributed by atoms with Gasteiger partial charge in [-0.3, -0.25) is 19.2 Å². The highest BCUT2D eigenvalue weighted by molar-refractivity contribution is 7.92. The molecule has 2 aromatic carbocycles. The SMILES string of the molecule is Cc1ccccc1S(=O)(=O)Nc1ccc2c(c1)C(=O)N(C)C2=O. The van der Waals surface area contributed by atoms with Crippen LogP contribution in [0.15, 0.2) is 47.4 Å². The molecule has 1 heterocycles. The number of hydrogen-bond acceptors (Lipinski definition) is 4. The van der Waals surface area contributed by atoms with E-state index in [4.69, 9.17) is 0 Å². The van der Waals surface area contributed by atoms with Gasteiger partial charge >= 0.3 is 0 Å². The van der Waals surface area contributed by atoms with Crippen LogP contribution in [0.2, 0.25) is 0 Å². The summed E-state index contributed by atoms with van der Waals surface area (Å²) >= 11 is 0. The van der Waals surface area contributed by atoms with Crippen molar-refractivity contribution in [3.8, 4) is 0 Å². The monoisotopic (exact) mass is 330 g/mol. The van der Waals surface area contributed by atoms with Crippen molar-refractivity contribution >= 4 is 27.5 Å². The molecule has 0 aromatic heterocycles. The van der Waals surface area contributed by atoms with Gasteiger partial charge in [0.1, 0.15) is 0 Å². The Hall–Kier alpha value is -2.67. The Labute approximate surface area is 133 Å². The molecule has 6 nitrogen and oxygen atoms in total. The molecule has 0 fully saturated rings. The predicted octanol–water partition coefficient (Wildman–Crippen LogP) is 2.02. The standard InChI is InChI=1S/C16H14N2O4S/c1-10-5-3-4-6-14(10)23(21,22)17-11-7-8-12-13(9-11)16(20)18(2)15(12)19/h3-9,17H,1-2H3. The Morgan fingerprint density at radius 1 is 0.957 bits per heavy atom. The van der Waals surface area contributed by atoms with Crippen LogP contribution in [0, 0.1) is 6.92 Å². The zero-order chi connectivity index (χ0) is 16.8. The van der Waals surface area contributed by atoms with Crippen LogP contribution in [0.4, 0.5) is 5.69 Å². The third-order valence-electron chi connectivity index (χ3n) is 3.72. The number of carbonyl (C=O) groups is 2. The van der Waals surface area contributed by atoms with E-state index in [-0.39, 0.29) is 21.7 Å². The maximum Gasteiger partial charge on any atom is 0.262 e. The fourth-order valence-electron chi connectivity index (χ4n) is 2.49. The molecule has 2 amide bonds. The molecule has 0 saturated carbocycles. The van der Waals surface area contributed by atoms with Crippen molar-refractivity contribution in [2.75, 3.05) is 11.8 Å². The van der Waals surface area contributed by atoms with E-state index in [0.29, 0.717) is 5.56 Å². The minimum atomic E-state index is -3.77. The second-order valence-electron chi connectivity index (χ2n) is 5.30. The highest BCUT2D eigenvalue weighted by Gasteiger charge is 2.33. The molecule has 118 valence electrons. The topological polar surface area (TPSA) is 83.6 Å². The van der Waals surface area contributed by atoms with Gasteiger partial charge in [-0.25, -0.2) is 8.42 Å². The minimum absolute atomic E-state index is 0.167. The van der Waals surface area contributed by atoms with Crippen LogP contribution < -0.4 is 4.72 Å². The lowest BCUT2D eigenvalue weighted by Gasteiger charge is -2.10. The quantitative estimate of drug-likeness (QED) is 0.873. The molecular weight excluding hydrogens is 316 g/mol. The largest absolute Gasteiger partial charge is 0.280 e.